The van der Waals surface area contributed by atoms with Crippen LogP contribution in [0.3, 0.4) is 0 Å². The lowest BCUT2D eigenvalue weighted by Crippen LogP contribution is -2.49. The minimum Gasteiger partial charge on any atom is -0.388 e. The second kappa shape index (κ2) is 3.66. The Bertz CT molecular complexity index is 196. The molecule has 1 saturated heterocycles. The average molecular weight is 185 g/mol. The summed E-state index contributed by atoms with van der Waals surface area (Å²) in [5.74, 6) is 0.189. The fraction of sp³-hybridized carbons (Fsp3) is 0.900. The van der Waals surface area contributed by atoms with Crippen LogP contribution >= 0.6 is 0 Å². The quantitative estimate of drug-likeness (QED) is 0.716. The molecule has 3 heteroatoms. The molecular formula is C10H19NO2. The number of carbonyl (C=O) groups excluding carboxylic acids is 1. The van der Waals surface area contributed by atoms with E-state index in [4.69, 9.17) is 0 Å². The summed E-state index contributed by atoms with van der Waals surface area (Å²) in [7, 11) is 0. The van der Waals surface area contributed by atoms with Gasteiger partial charge in [0.15, 0.2) is 0 Å². The van der Waals surface area contributed by atoms with Crippen molar-refractivity contribution >= 4 is 5.91 Å². The van der Waals surface area contributed by atoms with Gasteiger partial charge in [0.25, 0.3) is 0 Å². The number of nitrogens with zero attached hydrogens (tertiary/aromatic N) is 1. The Morgan fingerprint density at radius 1 is 1.62 bits per heavy atom. The van der Waals surface area contributed by atoms with E-state index in [0.29, 0.717) is 6.42 Å². The van der Waals surface area contributed by atoms with Gasteiger partial charge in [0.05, 0.1) is 11.6 Å². The SMILES string of the molecule is CCC(N1CCCC1=O)C(C)(C)O. The molecule has 0 aromatic carbocycles. The van der Waals surface area contributed by atoms with E-state index < -0.39 is 5.60 Å². The van der Waals surface area contributed by atoms with Crippen LogP contribution in [-0.4, -0.2) is 34.1 Å². The van der Waals surface area contributed by atoms with Crippen molar-refractivity contribution in [1.29, 1.82) is 0 Å². The topological polar surface area (TPSA) is 40.5 Å². The fourth-order valence-electron chi connectivity index (χ4n) is 2.10. The summed E-state index contributed by atoms with van der Waals surface area (Å²) in [6.45, 7) is 6.36. The van der Waals surface area contributed by atoms with Crippen LogP contribution in [0.2, 0.25) is 0 Å². The summed E-state index contributed by atoms with van der Waals surface area (Å²) in [5, 5.41) is 9.86. The highest BCUT2D eigenvalue weighted by atomic mass is 16.3. The van der Waals surface area contributed by atoms with Crippen molar-refractivity contribution in [3.63, 3.8) is 0 Å². The zero-order chi connectivity index (χ0) is 10.1. The largest absolute Gasteiger partial charge is 0.388 e. The smallest absolute Gasteiger partial charge is 0.222 e. The Labute approximate surface area is 79.7 Å². The van der Waals surface area contributed by atoms with Gasteiger partial charge in [0.2, 0.25) is 5.91 Å². The predicted octanol–water partition coefficient (Wildman–Crippen LogP) is 1.16. The minimum atomic E-state index is -0.783. The van der Waals surface area contributed by atoms with Gasteiger partial charge in [0, 0.05) is 13.0 Å². The molecule has 13 heavy (non-hydrogen) atoms. The number of amides is 1. The maximum Gasteiger partial charge on any atom is 0.222 e. The summed E-state index contributed by atoms with van der Waals surface area (Å²) >= 11 is 0. The maximum atomic E-state index is 11.4. The van der Waals surface area contributed by atoms with Crippen molar-refractivity contribution in [2.75, 3.05) is 6.54 Å². The Kier molecular flexibility index (Phi) is 2.96. The summed E-state index contributed by atoms with van der Waals surface area (Å²) in [5.41, 5.74) is -0.783. The van der Waals surface area contributed by atoms with Crippen LogP contribution < -0.4 is 0 Å². The molecule has 0 bridgehead atoms. The highest BCUT2D eigenvalue weighted by molar-refractivity contribution is 5.78. The zero-order valence-corrected chi connectivity index (χ0v) is 8.71. The van der Waals surface area contributed by atoms with E-state index in [2.05, 4.69) is 0 Å². The number of rotatable bonds is 3. The molecule has 0 saturated carbocycles. The van der Waals surface area contributed by atoms with Crippen LogP contribution in [0.4, 0.5) is 0 Å². The third-order valence-electron chi connectivity index (χ3n) is 2.69. The van der Waals surface area contributed by atoms with E-state index in [1.165, 1.54) is 0 Å². The molecule has 76 valence electrons. The molecule has 1 amide bonds. The maximum absolute atomic E-state index is 11.4. The first kappa shape index (κ1) is 10.5. The van der Waals surface area contributed by atoms with Crippen LogP contribution in [0.25, 0.3) is 0 Å². The van der Waals surface area contributed by atoms with Crippen molar-refractivity contribution in [3.8, 4) is 0 Å². The van der Waals surface area contributed by atoms with Crippen molar-refractivity contribution < 1.29 is 9.90 Å². The van der Waals surface area contributed by atoms with E-state index in [1.807, 2.05) is 11.8 Å². The molecule has 1 unspecified atom stereocenters. The lowest BCUT2D eigenvalue weighted by Gasteiger charge is -2.36. The molecule has 1 rings (SSSR count). The van der Waals surface area contributed by atoms with E-state index in [0.717, 1.165) is 19.4 Å². The first-order valence-corrected chi connectivity index (χ1v) is 4.98. The van der Waals surface area contributed by atoms with Gasteiger partial charge >= 0.3 is 0 Å². The molecular weight excluding hydrogens is 166 g/mol. The van der Waals surface area contributed by atoms with Crippen molar-refractivity contribution in [3.05, 3.63) is 0 Å². The summed E-state index contributed by atoms with van der Waals surface area (Å²) < 4.78 is 0. The second-order valence-electron chi connectivity index (χ2n) is 4.27. The van der Waals surface area contributed by atoms with Gasteiger partial charge in [-0.05, 0) is 26.7 Å². The second-order valence-corrected chi connectivity index (χ2v) is 4.27. The van der Waals surface area contributed by atoms with E-state index in [-0.39, 0.29) is 11.9 Å². The lowest BCUT2D eigenvalue weighted by atomic mass is 9.95. The Balaban J connectivity index is 2.71. The molecule has 1 aliphatic heterocycles. The summed E-state index contributed by atoms with van der Waals surface area (Å²) in [4.78, 5) is 13.3. The van der Waals surface area contributed by atoms with Gasteiger partial charge in [-0.2, -0.15) is 0 Å². The lowest BCUT2D eigenvalue weighted by molar-refractivity contribution is -0.134. The Morgan fingerprint density at radius 2 is 2.23 bits per heavy atom. The first-order valence-electron chi connectivity index (χ1n) is 4.98. The van der Waals surface area contributed by atoms with Gasteiger partial charge in [0.1, 0.15) is 0 Å². The van der Waals surface area contributed by atoms with Gasteiger partial charge in [-0.15, -0.1) is 0 Å². The molecule has 0 aromatic rings. The number of hydrogen-bond acceptors (Lipinski definition) is 2. The van der Waals surface area contributed by atoms with Crippen molar-refractivity contribution in [2.24, 2.45) is 0 Å². The third-order valence-corrected chi connectivity index (χ3v) is 2.69. The molecule has 1 heterocycles. The van der Waals surface area contributed by atoms with E-state index in [9.17, 15) is 9.90 Å². The predicted molar refractivity (Wildman–Crippen MR) is 51.3 cm³/mol. The summed E-state index contributed by atoms with van der Waals surface area (Å²) in [6.07, 6.45) is 2.40. The van der Waals surface area contributed by atoms with Crippen LogP contribution in [0.1, 0.15) is 40.0 Å². The van der Waals surface area contributed by atoms with Gasteiger partial charge in [-0.1, -0.05) is 6.92 Å². The molecule has 0 spiro atoms. The van der Waals surface area contributed by atoms with Crippen LogP contribution in [0, 0.1) is 0 Å². The minimum absolute atomic E-state index is 0.0255. The highest BCUT2D eigenvalue weighted by Gasteiger charge is 2.35. The first-order chi connectivity index (χ1) is 5.96. The van der Waals surface area contributed by atoms with E-state index in [1.54, 1.807) is 13.8 Å². The fourth-order valence-corrected chi connectivity index (χ4v) is 2.10. The molecule has 0 aromatic heterocycles. The monoisotopic (exact) mass is 185 g/mol. The molecule has 3 nitrogen and oxygen atoms in total. The highest BCUT2D eigenvalue weighted by Crippen LogP contribution is 2.23. The van der Waals surface area contributed by atoms with Crippen LogP contribution in [0.5, 0.6) is 0 Å². The molecule has 0 radical (unpaired) electrons. The number of likely N-dealkylation sites (tertiary alicyclic amines) is 1. The number of carbonyl (C=O) groups is 1. The van der Waals surface area contributed by atoms with Gasteiger partial charge < -0.3 is 10.0 Å². The number of aliphatic hydroxyl groups is 1. The standard InChI is InChI=1S/C10H19NO2/c1-4-8(10(2,3)13)11-7-5-6-9(11)12/h8,13H,4-7H2,1-3H3. The van der Waals surface area contributed by atoms with Crippen LogP contribution in [0.15, 0.2) is 0 Å². The van der Waals surface area contributed by atoms with Crippen LogP contribution in [-0.2, 0) is 4.79 Å². The Hall–Kier alpha value is -0.570. The molecule has 1 atom stereocenters. The zero-order valence-electron chi connectivity index (χ0n) is 8.71. The molecule has 1 aliphatic rings. The van der Waals surface area contributed by atoms with Crippen molar-refractivity contribution in [2.45, 2.75) is 51.7 Å². The normalized spacial score (nSPS) is 20.9. The molecule has 0 aliphatic carbocycles. The molecule has 1 N–H and O–H groups in total. The third kappa shape index (κ3) is 2.21. The van der Waals surface area contributed by atoms with Gasteiger partial charge in [-0.3, -0.25) is 4.79 Å². The number of hydrogen-bond donors (Lipinski definition) is 1. The van der Waals surface area contributed by atoms with Crippen molar-refractivity contribution in [1.82, 2.24) is 4.90 Å². The summed E-state index contributed by atoms with van der Waals surface area (Å²) in [6, 6.07) is -0.0255. The Morgan fingerprint density at radius 3 is 2.54 bits per heavy atom. The molecule has 1 fully saturated rings. The average Bonchev–Trinajstić information content (AvgIpc) is 2.35. The van der Waals surface area contributed by atoms with Gasteiger partial charge in [-0.25, -0.2) is 0 Å². The van der Waals surface area contributed by atoms with E-state index >= 15 is 0 Å².